The van der Waals surface area contributed by atoms with Crippen LogP contribution >= 0.6 is 0 Å². The van der Waals surface area contributed by atoms with E-state index in [1.54, 1.807) is 45.0 Å². The molecule has 0 aliphatic carbocycles. The van der Waals surface area contributed by atoms with Gasteiger partial charge in [0.2, 0.25) is 11.9 Å². The number of hydrogen-bond acceptors (Lipinski definition) is 7. The number of nitrogens with one attached hydrogen (secondary N) is 2. The van der Waals surface area contributed by atoms with E-state index in [1.165, 1.54) is 0 Å². The average molecular weight is 547 g/mol. The van der Waals surface area contributed by atoms with Gasteiger partial charge < -0.3 is 30.0 Å². The summed E-state index contributed by atoms with van der Waals surface area (Å²) >= 11 is 0. The van der Waals surface area contributed by atoms with Crippen LogP contribution in [0.4, 0.5) is 26.5 Å². The van der Waals surface area contributed by atoms with Gasteiger partial charge in [-0.15, -0.1) is 0 Å². The molecule has 0 radical (unpaired) electrons. The molecule has 2 aromatic carbocycles. The van der Waals surface area contributed by atoms with Crippen molar-refractivity contribution >= 4 is 40.1 Å². The number of fused-ring (bicyclic) bond motifs is 1. The minimum absolute atomic E-state index is 0.0244. The second kappa shape index (κ2) is 11.3. The zero-order valence-corrected chi connectivity index (χ0v) is 23.4. The molecule has 0 aliphatic heterocycles. The molecule has 2 N–H and O–H groups in total. The Morgan fingerprint density at radius 1 is 1.02 bits per heavy atom. The van der Waals surface area contributed by atoms with Crippen molar-refractivity contribution in [1.29, 1.82) is 0 Å². The lowest BCUT2D eigenvalue weighted by Crippen LogP contribution is -2.60. The fourth-order valence-electron chi connectivity index (χ4n) is 4.71. The van der Waals surface area contributed by atoms with Crippen molar-refractivity contribution in [2.75, 3.05) is 10.6 Å². The number of carboxylic acid groups (broad SMARTS) is 1. The van der Waals surface area contributed by atoms with E-state index in [2.05, 4.69) is 25.6 Å². The van der Waals surface area contributed by atoms with Gasteiger partial charge in [-0.3, -0.25) is 4.79 Å². The van der Waals surface area contributed by atoms with Crippen molar-refractivity contribution in [3.8, 4) is 11.5 Å². The minimum Gasteiger partial charge on any atom is -0.530 e. The van der Waals surface area contributed by atoms with Crippen molar-refractivity contribution in [3.63, 3.8) is 0 Å². The van der Waals surface area contributed by atoms with E-state index in [9.17, 15) is 19.1 Å². The zero-order valence-electron chi connectivity index (χ0n) is 23.4. The summed E-state index contributed by atoms with van der Waals surface area (Å²) in [6.07, 6.45) is -0.0684. The molecule has 2 aromatic heterocycles. The first-order valence-electron chi connectivity index (χ1n) is 13.0. The first-order chi connectivity index (χ1) is 18.8. The predicted octanol–water partition coefficient (Wildman–Crippen LogP) is 4.71. The van der Waals surface area contributed by atoms with Crippen LogP contribution < -0.4 is 15.7 Å². The van der Waals surface area contributed by atoms with Crippen LogP contribution in [0.1, 0.15) is 41.0 Å². The van der Waals surface area contributed by atoms with Crippen LogP contribution in [0.5, 0.6) is 0 Å². The first-order valence-corrected chi connectivity index (χ1v) is 13.0. The number of aryl methyl sites for hydroxylation is 1. The molecule has 1 unspecified atom stereocenters. The molecule has 2 heterocycles. The van der Waals surface area contributed by atoms with Crippen LogP contribution in [0.3, 0.4) is 0 Å². The Balaban J connectivity index is 1.53. The second-order valence-corrected chi connectivity index (χ2v) is 11.1. The third-order valence-corrected chi connectivity index (χ3v) is 6.36. The molecular weight excluding hydrogens is 513 g/mol. The Bertz CT molecular complexity index is 1530. The summed E-state index contributed by atoms with van der Waals surface area (Å²) in [5.74, 6) is -0.162. The van der Waals surface area contributed by atoms with E-state index in [0.717, 1.165) is 15.7 Å². The van der Waals surface area contributed by atoms with Crippen molar-refractivity contribution in [3.05, 3.63) is 60.8 Å². The lowest BCUT2D eigenvalue weighted by atomic mass is 9.96. The standard InChI is InChI=1S/C29H34FN7O3/c1-17(2)15-22(37(28(39)40)29(3,4)5)25(38)31-19-11-13-20(14-12-19)32-27-34-24(33-26(30)35-27)23-21-10-8-7-9-18(21)16-36(23)6/h7-14,16-17,22H,15H2,1-6H3,(H,31,38)(H,39,40)(H,32,33,34,35)/p-1. The van der Waals surface area contributed by atoms with Gasteiger partial charge in [-0.2, -0.15) is 19.3 Å². The van der Waals surface area contributed by atoms with Crippen LogP contribution in [-0.2, 0) is 11.8 Å². The predicted molar refractivity (Wildman–Crippen MR) is 150 cm³/mol. The topological polar surface area (TPSA) is 128 Å². The molecule has 1 atom stereocenters. The molecule has 2 amide bonds. The number of aromatic nitrogens is 4. The highest BCUT2D eigenvalue weighted by Crippen LogP contribution is 2.29. The van der Waals surface area contributed by atoms with Gasteiger partial charge in [-0.1, -0.05) is 38.1 Å². The van der Waals surface area contributed by atoms with Crippen LogP contribution in [0.15, 0.2) is 54.7 Å². The maximum atomic E-state index is 14.4. The molecule has 0 spiro atoms. The number of rotatable bonds is 8. The zero-order chi connectivity index (χ0) is 29.2. The summed E-state index contributed by atoms with van der Waals surface area (Å²) in [5.41, 5.74) is 0.855. The smallest absolute Gasteiger partial charge is 0.314 e. The van der Waals surface area contributed by atoms with Gasteiger partial charge in [0.25, 0.3) is 0 Å². The largest absolute Gasteiger partial charge is 0.530 e. The minimum atomic E-state index is -1.40. The molecule has 11 heteroatoms. The Labute approximate surface area is 232 Å². The molecular formula is C29H33FN7O3-. The average Bonchev–Trinajstić information content (AvgIpc) is 3.18. The molecule has 0 fully saturated rings. The lowest BCUT2D eigenvalue weighted by Gasteiger charge is -2.43. The second-order valence-electron chi connectivity index (χ2n) is 11.1. The summed E-state index contributed by atoms with van der Waals surface area (Å²) in [4.78, 5) is 38.3. The summed E-state index contributed by atoms with van der Waals surface area (Å²) in [7, 11) is 1.84. The monoisotopic (exact) mass is 546 g/mol. The lowest BCUT2D eigenvalue weighted by molar-refractivity contribution is -0.273. The van der Waals surface area contributed by atoms with Gasteiger partial charge in [0.05, 0.1) is 5.69 Å². The molecule has 40 heavy (non-hydrogen) atoms. The highest BCUT2D eigenvalue weighted by molar-refractivity contribution is 5.97. The molecule has 10 nitrogen and oxygen atoms in total. The molecule has 210 valence electrons. The van der Waals surface area contributed by atoms with Crippen molar-refractivity contribution in [2.45, 2.75) is 52.6 Å². The van der Waals surface area contributed by atoms with Crippen LogP contribution in [0.2, 0.25) is 0 Å². The van der Waals surface area contributed by atoms with Crippen LogP contribution in [0, 0.1) is 12.0 Å². The third kappa shape index (κ3) is 6.36. The number of amides is 2. The first kappa shape index (κ1) is 28.5. The number of carbonyl (C=O) groups excluding carboxylic acids is 2. The van der Waals surface area contributed by atoms with Gasteiger partial charge in [0.1, 0.15) is 12.1 Å². The third-order valence-electron chi connectivity index (χ3n) is 6.36. The molecule has 0 bridgehead atoms. The highest BCUT2D eigenvalue weighted by atomic mass is 19.1. The van der Waals surface area contributed by atoms with Crippen LogP contribution in [0.25, 0.3) is 22.3 Å². The molecule has 0 saturated carbocycles. The number of benzene rings is 2. The number of anilines is 3. The quantitative estimate of drug-likeness (QED) is 0.328. The number of carbonyl (C=O) groups is 2. The summed E-state index contributed by atoms with van der Waals surface area (Å²) in [5, 5.41) is 19.6. The number of halogens is 1. The van der Waals surface area contributed by atoms with Crippen molar-refractivity contribution in [1.82, 2.24) is 24.4 Å². The SMILES string of the molecule is CC(C)CC(C(=O)Nc1ccc(Nc2nc(F)nc(-c3c4ccccc4cn3C)n2)cc1)N(C(=O)[O-])C(C)(C)C. The van der Waals surface area contributed by atoms with E-state index in [4.69, 9.17) is 0 Å². The van der Waals surface area contributed by atoms with E-state index in [-0.39, 0.29) is 17.7 Å². The summed E-state index contributed by atoms with van der Waals surface area (Å²) < 4.78 is 16.3. The fraction of sp³-hybridized carbons (Fsp3) is 0.345. The normalized spacial score (nSPS) is 12.4. The van der Waals surface area contributed by atoms with Gasteiger partial charge in [0.15, 0.2) is 5.82 Å². The Kier molecular flexibility index (Phi) is 8.03. The van der Waals surface area contributed by atoms with Gasteiger partial charge in [-0.25, -0.2) is 0 Å². The maximum Gasteiger partial charge on any atom is 0.314 e. The molecule has 4 rings (SSSR count). The Hall–Kier alpha value is -4.54. The van der Waals surface area contributed by atoms with Crippen LogP contribution in [-0.4, -0.2) is 48.0 Å². The van der Waals surface area contributed by atoms with Gasteiger partial charge >= 0.3 is 6.08 Å². The summed E-state index contributed by atoms with van der Waals surface area (Å²) in [6, 6.07) is 13.4. The number of hydrogen-bond donors (Lipinski definition) is 2. The number of nitrogens with zero attached hydrogens (tertiary/aromatic N) is 5. The molecule has 0 aliphatic rings. The Morgan fingerprint density at radius 3 is 2.30 bits per heavy atom. The van der Waals surface area contributed by atoms with Gasteiger partial charge in [-0.05, 0) is 57.4 Å². The Morgan fingerprint density at radius 2 is 1.68 bits per heavy atom. The summed E-state index contributed by atoms with van der Waals surface area (Å²) in [6.45, 7) is 9.01. The van der Waals surface area contributed by atoms with Crippen molar-refractivity contribution < 1.29 is 19.1 Å². The molecule has 0 saturated heterocycles. The fourth-order valence-corrected chi connectivity index (χ4v) is 4.71. The van der Waals surface area contributed by atoms with Crippen molar-refractivity contribution in [2.24, 2.45) is 13.0 Å². The van der Waals surface area contributed by atoms with Gasteiger partial charge in [0, 0.05) is 40.9 Å². The highest BCUT2D eigenvalue weighted by Gasteiger charge is 2.34. The molecule has 4 aromatic rings. The van der Waals surface area contributed by atoms with E-state index < -0.39 is 29.7 Å². The van der Waals surface area contributed by atoms with E-state index in [1.807, 2.05) is 55.9 Å². The van der Waals surface area contributed by atoms with E-state index in [0.29, 0.717) is 23.5 Å². The maximum absolute atomic E-state index is 14.4. The van der Waals surface area contributed by atoms with E-state index >= 15 is 0 Å².